The molecule has 0 unspecified atom stereocenters. The lowest BCUT2D eigenvalue weighted by Gasteiger charge is -2.18. The fraction of sp³-hybridized carbons (Fsp3) is 0.235. The molecule has 0 radical (unpaired) electrons. The zero-order valence-corrected chi connectivity index (χ0v) is 12.5. The van der Waals surface area contributed by atoms with Crippen LogP contribution in [0.15, 0.2) is 42.5 Å². The van der Waals surface area contributed by atoms with Crippen LogP contribution in [0, 0.1) is 6.92 Å². The summed E-state index contributed by atoms with van der Waals surface area (Å²) in [6.07, 6.45) is 0. The molecular weight excluding hydrogens is 264 g/mol. The van der Waals surface area contributed by atoms with Gasteiger partial charge in [0.05, 0.1) is 13.2 Å². The van der Waals surface area contributed by atoms with Gasteiger partial charge >= 0.3 is 0 Å². The Morgan fingerprint density at radius 1 is 1.19 bits per heavy atom. The fourth-order valence-corrected chi connectivity index (χ4v) is 2.28. The number of carbonyl (C=O) groups is 1. The van der Waals surface area contributed by atoms with Gasteiger partial charge < -0.3 is 15.8 Å². The third-order valence-corrected chi connectivity index (χ3v) is 3.57. The Labute approximate surface area is 124 Å². The Kier molecular flexibility index (Phi) is 4.48. The number of anilines is 1. The molecule has 0 saturated carbocycles. The molecule has 1 atom stereocenters. The Morgan fingerprint density at radius 3 is 2.62 bits per heavy atom. The Bertz CT molecular complexity index is 653. The van der Waals surface area contributed by atoms with Crippen LogP contribution >= 0.6 is 0 Å². The number of para-hydroxylation sites is 1. The summed E-state index contributed by atoms with van der Waals surface area (Å²) in [6, 6.07) is 12.8. The molecule has 2 aromatic carbocycles. The largest absolute Gasteiger partial charge is 0.496 e. The van der Waals surface area contributed by atoms with Gasteiger partial charge in [0, 0.05) is 16.8 Å². The molecule has 0 saturated heterocycles. The van der Waals surface area contributed by atoms with Crippen molar-refractivity contribution in [2.24, 2.45) is 0 Å². The van der Waals surface area contributed by atoms with E-state index in [9.17, 15) is 4.79 Å². The van der Waals surface area contributed by atoms with E-state index in [2.05, 4.69) is 5.32 Å². The third kappa shape index (κ3) is 3.16. The lowest BCUT2D eigenvalue weighted by atomic mass is 10.0. The van der Waals surface area contributed by atoms with Crippen molar-refractivity contribution >= 4 is 11.6 Å². The van der Waals surface area contributed by atoms with Crippen LogP contribution < -0.4 is 15.8 Å². The summed E-state index contributed by atoms with van der Waals surface area (Å²) in [5.74, 6) is 0.618. The number of hydrogen-bond acceptors (Lipinski definition) is 3. The molecule has 4 nitrogen and oxygen atoms in total. The van der Waals surface area contributed by atoms with Gasteiger partial charge in [-0.15, -0.1) is 0 Å². The summed E-state index contributed by atoms with van der Waals surface area (Å²) in [5, 5.41) is 2.98. The monoisotopic (exact) mass is 284 g/mol. The highest BCUT2D eigenvalue weighted by Crippen LogP contribution is 2.25. The summed E-state index contributed by atoms with van der Waals surface area (Å²) in [7, 11) is 1.62. The summed E-state index contributed by atoms with van der Waals surface area (Å²) in [5.41, 5.74) is 8.79. The number of benzene rings is 2. The van der Waals surface area contributed by atoms with Gasteiger partial charge in [-0.2, -0.15) is 0 Å². The first-order chi connectivity index (χ1) is 10.0. The van der Waals surface area contributed by atoms with Crippen molar-refractivity contribution in [3.8, 4) is 5.75 Å². The van der Waals surface area contributed by atoms with E-state index in [1.807, 2.05) is 38.1 Å². The molecule has 0 aliphatic carbocycles. The number of ether oxygens (including phenoxy) is 1. The van der Waals surface area contributed by atoms with Crippen molar-refractivity contribution in [1.29, 1.82) is 0 Å². The van der Waals surface area contributed by atoms with E-state index in [4.69, 9.17) is 10.5 Å². The van der Waals surface area contributed by atoms with E-state index in [0.29, 0.717) is 11.3 Å². The molecule has 110 valence electrons. The average Bonchev–Trinajstić information content (AvgIpc) is 2.49. The fourth-order valence-electron chi connectivity index (χ4n) is 2.28. The van der Waals surface area contributed by atoms with Gasteiger partial charge in [0.1, 0.15) is 5.75 Å². The van der Waals surface area contributed by atoms with Crippen LogP contribution in [-0.4, -0.2) is 13.0 Å². The number of nitrogen functional groups attached to an aromatic ring is 1. The van der Waals surface area contributed by atoms with Crippen LogP contribution in [0.4, 0.5) is 5.69 Å². The molecule has 4 heteroatoms. The Hall–Kier alpha value is -2.49. The molecule has 3 N–H and O–H groups in total. The minimum Gasteiger partial charge on any atom is -0.496 e. The van der Waals surface area contributed by atoms with Gasteiger partial charge in [0.15, 0.2) is 0 Å². The molecule has 0 aliphatic heterocycles. The number of carbonyl (C=O) groups excluding carboxylic acids is 1. The van der Waals surface area contributed by atoms with Crippen molar-refractivity contribution in [3.63, 3.8) is 0 Å². The van der Waals surface area contributed by atoms with Gasteiger partial charge in [-0.25, -0.2) is 0 Å². The maximum atomic E-state index is 12.4. The molecule has 0 bridgehead atoms. The highest BCUT2D eigenvalue weighted by atomic mass is 16.5. The first-order valence-corrected chi connectivity index (χ1v) is 6.83. The van der Waals surface area contributed by atoms with Crippen molar-refractivity contribution in [2.75, 3.05) is 12.8 Å². The highest BCUT2D eigenvalue weighted by Gasteiger charge is 2.16. The van der Waals surface area contributed by atoms with E-state index in [-0.39, 0.29) is 11.9 Å². The minimum absolute atomic E-state index is 0.141. The minimum atomic E-state index is -0.158. The number of amides is 1. The van der Waals surface area contributed by atoms with E-state index >= 15 is 0 Å². The average molecular weight is 284 g/mol. The first-order valence-electron chi connectivity index (χ1n) is 6.83. The second kappa shape index (κ2) is 6.31. The topological polar surface area (TPSA) is 64.3 Å². The van der Waals surface area contributed by atoms with Crippen LogP contribution in [0.2, 0.25) is 0 Å². The molecule has 2 aromatic rings. The molecule has 1 amide bonds. The molecule has 0 heterocycles. The van der Waals surface area contributed by atoms with Crippen LogP contribution in [0.25, 0.3) is 0 Å². The van der Waals surface area contributed by atoms with Crippen molar-refractivity contribution in [3.05, 3.63) is 59.2 Å². The Balaban J connectivity index is 2.21. The number of hydrogen-bond donors (Lipinski definition) is 2. The molecule has 2 rings (SSSR count). The van der Waals surface area contributed by atoms with Crippen LogP contribution in [-0.2, 0) is 0 Å². The summed E-state index contributed by atoms with van der Waals surface area (Å²) >= 11 is 0. The quantitative estimate of drug-likeness (QED) is 0.848. The Morgan fingerprint density at radius 2 is 1.90 bits per heavy atom. The van der Waals surface area contributed by atoms with Crippen molar-refractivity contribution < 1.29 is 9.53 Å². The van der Waals surface area contributed by atoms with Gasteiger partial charge in [-0.05, 0) is 37.6 Å². The lowest BCUT2D eigenvalue weighted by Crippen LogP contribution is -2.27. The van der Waals surface area contributed by atoms with E-state index < -0.39 is 0 Å². The highest BCUT2D eigenvalue weighted by molar-refractivity contribution is 5.97. The second-order valence-electron chi connectivity index (χ2n) is 4.96. The van der Waals surface area contributed by atoms with Crippen molar-refractivity contribution in [2.45, 2.75) is 19.9 Å². The predicted molar refractivity (Wildman–Crippen MR) is 84.5 cm³/mol. The summed E-state index contributed by atoms with van der Waals surface area (Å²) in [4.78, 5) is 12.4. The maximum Gasteiger partial charge on any atom is 0.252 e. The van der Waals surface area contributed by atoms with Crippen molar-refractivity contribution in [1.82, 2.24) is 5.32 Å². The van der Waals surface area contributed by atoms with E-state index in [1.165, 1.54) is 0 Å². The molecule has 0 fully saturated rings. The summed E-state index contributed by atoms with van der Waals surface area (Å²) in [6.45, 7) is 3.77. The third-order valence-electron chi connectivity index (χ3n) is 3.57. The molecule has 0 aromatic heterocycles. The number of methoxy groups -OCH3 is 1. The van der Waals surface area contributed by atoms with Crippen LogP contribution in [0.3, 0.4) is 0 Å². The van der Waals surface area contributed by atoms with E-state index in [0.717, 1.165) is 16.9 Å². The van der Waals surface area contributed by atoms with Crippen LogP contribution in [0.1, 0.15) is 34.5 Å². The smallest absolute Gasteiger partial charge is 0.252 e. The van der Waals surface area contributed by atoms with Gasteiger partial charge in [-0.3, -0.25) is 4.79 Å². The second-order valence-corrected chi connectivity index (χ2v) is 4.96. The first kappa shape index (κ1) is 14.9. The zero-order chi connectivity index (χ0) is 15.4. The van der Waals surface area contributed by atoms with Gasteiger partial charge in [0.25, 0.3) is 5.91 Å². The number of nitrogens with two attached hydrogens (primary N) is 1. The molecule has 0 aliphatic rings. The molecule has 21 heavy (non-hydrogen) atoms. The maximum absolute atomic E-state index is 12.4. The number of rotatable bonds is 4. The standard InChI is InChI=1S/C17H20N2O2/c1-11-13(8-6-9-15(11)18)17(20)19-12(2)14-7-4-5-10-16(14)21-3/h4-10,12H,18H2,1-3H3,(H,19,20)/t12-/m1/s1. The normalized spacial score (nSPS) is 11.8. The molecular formula is C17H20N2O2. The summed E-state index contributed by atoms with van der Waals surface area (Å²) < 4.78 is 5.33. The zero-order valence-electron chi connectivity index (χ0n) is 12.5. The SMILES string of the molecule is COc1ccccc1[C@@H](C)NC(=O)c1cccc(N)c1C. The molecule has 0 spiro atoms. The van der Waals surface area contributed by atoms with Gasteiger partial charge in [-0.1, -0.05) is 24.3 Å². The van der Waals surface area contributed by atoms with Crippen LogP contribution in [0.5, 0.6) is 5.75 Å². The van der Waals surface area contributed by atoms with E-state index in [1.54, 1.807) is 25.3 Å². The van der Waals surface area contributed by atoms with Gasteiger partial charge in [0.2, 0.25) is 0 Å². The predicted octanol–water partition coefficient (Wildman–Crippen LogP) is 3.08. The lowest BCUT2D eigenvalue weighted by molar-refractivity contribution is 0.0939. The number of nitrogens with one attached hydrogen (secondary N) is 1.